The Kier molecular flexibility index (Phi) is 3.36. The molecule has 2 heterocycles. The summed E-state index contributed by atoms with van der Waals surface area (Å²) in [6, 6.07) is 0. The highest BCUT2D eigenvalue weighted by Crippen LogP contribution is 2.26. The number of nitrogens with two attached hydrogens (primary N) is 1. The lowest BCUT2D eigenvalue weighted by molar-refractivity contribution is 0.0971. The minimum atomic E-state index is -0.176. The summed E-state index contributed by atoms with van der Waals surface area (Å²) in [7, 11) is 0. The Bertz CT molecular complexity index is 381. The third-order valence-electron chi connectivity index (χ3n) is 2.94. The van der Waals surface area contributed by atoms with Crippen LogP contribution in [0.4, 0.5) is 0 Å². The van der Waals surface area contributed by atoms with Crippen LogP contribution in [0.15, 0.2) is 4.42 Å². The Hall–Kier alpha value is -1.20. The lowest BCUT2D eigenvalue weighted by Crippen LogP contribution is -2.26. The number of Topliss-reactive ketones (excluding diaryl/α,β-unsaturated/α-hetero) is 1. The van der Waals surface area contributed by atoms with Crippen molar-refractivity contribution in [3.8, 4) is 0 Å². The summed E-state index contributed by atoms with van der Waals surface area (Å²) in [5.41, 5.74) is 5.97. The molecule has 0 amide bonds. The second-order valence-corrected chi connectivity index (χ2v) is 4.12. The summed E-state index contributed by atoms with van der Waals surface area (Å²) in [5.74, 6) is 1.18. The fourth-order valence-corrected chi connectivity index (χ4v) is 2.01. The van der Waals surface area contributed by atoms with E-state index < -0.39 is 0 Å². The maximum atomic E-state index is 11.5. The monoisotopic (exact) mass is 223 g/mol. The molecule has 0 aliphatic carbocycles. The van der Waals surface area contributed by atoms with Crippen molar-refractivity contribution in [1.29, 1.82) is 0 Å². The Labute approximate surface area is 94.4 Å². The molecule has 1 saturated heterocycles. The molecule has 5 heteroatoms. The number of rotatable bonds is 3. The topological polar surface area (TPSA) is 81.2 Å². The minimum absolute atomic E-state index is 0.0261. The summed E-state index contributed by atoms with van der Waals surface area (Å²) in [6.45, 7) is 3.72. The molecule has 1 aromatic heterocycles. The predicted octanol–water partition coefficient (Wildman–Crippen LogP) is 0.591. The second-order valence-electron chi connectivity index (χ2n) is 4.12. The largest absolute Gasteiger partial charge is 0.437 e. The number of nitrogens with one attached hydrogen (secondary N) is 1. The van der Waals surface area contributed by atoms with Gasteiger partial charge < -0.3 is 15.5 Å². The van der Waals surface area contributed by atoms with E-state index in [9.17, 15) is 4.79 Å². The molecule has 5 nitrogen and oxygen atoms in total. The average Bonchev–Trinajstić information content (AvgIpc) is 2.71. The third kappa shape index (κ3) is 2.15. The van der Waals surface area contributed by atoms with E-state index in [1.165, 1.54) is 0 Å². The van der Waals surface area contributed by atoms with Gasteiger partial charge in [0.25, 0.3) is 0 Å². The Morgan fingerprint density at radius 2 is 2.25 bits per heavy atom. The van der Waals surface area contributed by atoms with Gasteiger partial charge in [-0.05, 0) is 32.9 Å². The number of carbonyl (C=O) groups excluding carboxylic acids is 1. The first-order chi connectivity index (χ1) is 7.72. The molecular weight excluding hydrogens is 206 g/mol. The molecule has 1 aliphatic rings. The SMILES string of the molecule is Cc1nc(C2CCNCC2)oc1C(=O)CN. The number of hydrogen-bond acceptors (Lipinski definition) is 5. The number of oxazole rings is 1. The normalized spacial score (nSPS) is 17.6. The molecule has 2 rings (SSSR count). The van der Waals surface area contributed by atoms with Crippen LogP contribution < -0.4 is 11.1 Å². The van der Waals surface area contributed by atoms with Crippen molar-refractivity contribution in [2.75, 3.05) is 19.6 Å². The van der Waals surface area contributed by atoms with Gasteiger partial charge in [0, 0.05) is 5.92 Å². The van der Waals surface area contributed by atoms with Crippen molar-refractivity contribution in [2.45, 2.75) is 25.7 Å². The molecule has 1 aliphatic heterocycles. The van der Waals surface area contributed by atoms with Crippen molar-refractivity contribution in [2.24, 2.45) is 5.73 Å². The molecule has 1 aromatic rings. The average molecular weight is 223 g/mol. The molecular formula is C11H17N3O2. The van der Waals surface area contributed by atoms with E-state index in [1.807, 2.05) is 0 Å². The smallest absolute Gasteiger partial charge is 0.213 e. The van der Waals surface area contributed by atoms with Gasteiger partial charge >= 0.3 is 0 Å². The van der Waals surface area contributed by atoms with E-state index in [-0.39, 0.29) is 12.3 Å². The van der Waals surface area contributed by atoms with E-state index in [0.717, 1.165) is 25.9 Å². The number of aryl methyl sites for hydroxylation is 1. The maximum absolute atomic E-state index is 11.5. The van der Waals surface area contributed by atoms with E-state index in [2.05, 4.69) is 10.3 Å². The molecule has 0 aromatic carbocycles. The Morgan fingerprint density at radius 1 is 1.56 bits per heavy atom. The molecule has 0 unspecified atom stereocenters. The fourth-order valence-electron chi connectivity index (χ4n) is 2.01. The molecule has 0 saturated carbocycles. The number of ketones is 1. The maximum Gasteiger partial charge on any atom is 0.213 e. The zero-order valence-electron chi connectivity index (χ0n) is 9.45. The Morgan fingerprint density at radius 3 is 2.88 bits per heavy atom. The van der Waals surface area contributed by atoms with Crippen LogP contribution in [0.3, 0.4) is 0 Å². The van der Waals surface area contributed by atoms with Crippen LogP contribution >= 0.6 is 0 Å². The van der Waals surface area contributed by atoms with Crippen LogP contribution in [0, 0.1) is 6.92 Å². The van der Waals surface area contributed by atoms with Gasteiger partial charge in [-0.25, -0.2) is 4.98 Å². The number of aromatic nitrogens is 1. The van der Waals surface area contributed by atoms with Crippen molar-refractivity contribution >= 4 is 5.78 Å². The van der Waals surface area contributed by atoms with Gasteiger partial charge in [-0.1, -0.05) is 0 Å². The van der Waals surface area contributed by atoms with Gasteiger partial charge in [-0.15, -0.1) is 0 Å². The number of carbonyl (C=O) groups is 1. The standard InChI is InChI=1S/C11H17N3O2/c1-7-10(9(15)6-12)16-11(14-7)8-2-4-13-5-3-8/h8,13H,2-6,12H2,1H3. The minimum Gasteiger partial charge on any atom is -0.437 e. The summed E-state index contributed by atoms with van der Waals surface area (Å²) in [4.78, 5) is 15.8. The van der Waals surface area contributed by atoms with Crippen LogP contribution in [0.1, 0.15) is 40.9 Å². The van der Waals surface area contributed by atoms with Crippen LogP contribution in [0.25, 0.3) is 0 Å². The molecule has 1 fully saturated rings. The molecule has 3 N–H and O–H groups in total. The van der Waals surface area contributed by atoms with E-state index in [4.69, 9.17) is 10.2 Å². The van der Waals surface area contributed by atoms with E-state index in [0.29, 0.717) is 23.3 Å². The van der Waals surface area contributed by atoms with Gasteiger partial charge in [-0.3, -0.25) is 4.79 Å². The highest BCUT2D eigenvalue weighted by molar-refractivity contribution is 5.95. The van der Waals surface area contributed by atoms with Gasteiger partial charge in [0.05, 0.1) is 12.2 Å². The van der Waals surface area contributed by atoms with Crippen LogP contribution in [0.5, 0.6) is 0 Å². The zero-order chi connectivity index (χ0) is 11.5. The van der Waals surface area contributed by atoms with E-state index >= 15 is 0 Å². The number of piperidine rings is 1. The third-order valence-corrected chi connectivity index (χ3v) is 2.94. The lowest BCUT2D eigenvalue weighted by atomic mass is 9.98. The van der Waals surface area contributed by atoms with Crippen molar-refractivity contribution < 1.29 is 9.21 Å². The van der Waals surface area contributed by atoms with Crippen molar-refractivity contribution in [1.82, 2.24) is 10.3 Å². The Balaban J connectivity index is 2.19. The summed E-state index contributed by atoms with van der Waals surface area (Å²) in [6.07, 6.45) is 2.02. The number of nitrogens with zero attached hydrogens (tertiary/aromatic N) is 1. The fraction of sp³-hybridized carbons (Fsp3) is 0.636. The molecule has 0 bridgehead atoms. The predicted molar refractivity (Wildman–Crippen MR) is 59.5 cm³/mol. The molecule has 0 spiro atoms. The highest BCUT2D eigenvalue weighted by atomic mass is 16.4. The molecule has 16 heavy (non-hydrogen) atoms. The van der Waals surface area contributed by atoms with Gasteiger partial charge in [0.15, 0.2) is 11.7 Å². The van der Waals surface area contributed by atoms with Gasteiger partial charge in [-0.2, -0.15) is 0 Å². The first kappa shape index (κ1) is 11.3. The van der Waals surface area contributed by atoms with Crippen LogP contribution in [0.2, 0.25) is 0 Å². The second kappa shape index (κ2) is 4.76. The van der Waals surface area contributed by atoms with Gasteiger partial charge in [0.1, 0.15) is 0 Å². The number of hydrogen-bond donors (Lipinski definition) is 2. The molecule has 88 valence electrons. The first-order valence-electron chi connectivity index (χ1n) is 5.63. The quantitative estimate of drug-likeness (QED) is 0.733. The zero-order valence-corrected chi connectivity index (χ0v) is 9.45. The summed E-state index contributed by atoms with van der Waals surface area (Å²) in [5, 5.41) is 3.28. The lowest BCUT2D eigenvalue weighted by Gasteiger charge is -2.19. The highest BCUT2D eigenvalue weighted by Gasteiger charge is 2.23. The van der Waals surface area contributed by atoms with Crippen LogP contribution in [-0.2, 0) is 0 Å². The van der Waals surface area contributed by atoms with Gasteiger partial charge in [0.2, 0.25) is 5.78 Å². The first-order valence-corrected chi connectivity index (χ1v) is 5.63. The molecule has 0 radical (unpaired) electrons. The summed E-state index contributed by atoms with van der Waals surface area (Å²) < 4.78 is 5.54. The molecule has 0 atom stereocenters. The van der Waals surface area contributed by atoms with E-state index in [1.54, 1.807) is 6.92 Å². The van der Waals surface area contributed by atoms with Crippen molar-refractivity contribution in [3.05, 3.63) is 17.3 Å². The van der Waals surface area contributed by atoms with Crippen molar-refractivity contribution in [3.63, 3.8) is 0 Å². The summed E-state index contributed by atoms with van der Waals surface area (Å²) >= 11 is 0. The van der Waals surface area contributed by atoms with Crippen LogP contribution in [-0.4, -0.2) is 30.4 Å².